The standard InChI is InChI=1S/C18H19N3OS/c1-13(18(22)19-14-8-4-3-5-9-14)21(2)12-17-20-15-10-6-7-11-16(15)23-17/h3-11,13H,12H2,1-2H3,(H,19,22). The first-order valence-electron chi connectivity index (χ1n) is 7.54. The molecule has 1 aromatic heterocycles. The van der Waals surface area contributed by atoms with Crippen molar-refractivity contribution in [3.63, 3.8) is 0 Å². The summed E-state index contributed by atoms with van der Waals surface area (Å²) in [6, 6.07) is 17.4. The summed E-state index contributed by atoms with van der Waals surface area (Å²) in [6.07, 6.45) is 0. The highest BCUT2D eigenvalue weighted by Crippen LogP contribution is 2.22. The minimum absolute atomic E-state index is 0.0141. The molecule has 0 bridgehead atoms. The number of benzene rings is 2. The second kappa shape index (κ2) is 6.89. The third-order valence-corrected chi connectivity index (χ3v) is 4.83. The number of carbonyl (C=O) groups excluding carboxylic acids is 1. The van der Waals surface area contributed by atoms with E-state index in [1.165, 1.54) is 4.70 Å². The Bertz CT molecular complexity index is 767. The monoisotopic (exact) mass is 325 g/mol. The number of amides is 1. The molecular weight excluding hydrogens is 306 g/mol. The number of hydrogen-bond donors (Lipinski definition) is 1. The topological polar surface area (TPSA) is 45.2 Å². The van der Waals surface area contributed by atoms with Crippen LogP contribution in [-0.4, -0.2) is 28.9 Å². The Hall–Kier alpha value is -2.24. The van der Waals surface area contributed by atoms with Gasteiger partial charge < -0.3 is 5.32 Å². The molecule has 5 heteroatoms. The van der Waals surface area contributed by atoms with E-state index in [2.05, 4.69) is 16.4 Å². The zero-order chi connectivity index (χ0) is 16.2. The van der Waals surface area contributed by atoms with E-state index < -0.39 is 0 Å². The minimum Gasteiger partial charge on any atom is -0.325 e. The first-order chi connectivity index (χ1) is 11.1. The SMILES string of the molecule is CC(C(=O)Nc1ccccc1)N(C)Cc1nc2ccccc2s1. The molecule has 23 heavy (non-hydrogen) atoms. The van der Waals surface area contributed by atoms with E-state index in [0.717, 1.165) is 16.2 Å². The van der Waals surface area contributed by atoms with Crippen molar-refractivity contribution in [1.29, 1.82) is 0 Å². The summed E-state index contributed by atoms with van der Waals surface area (Å²) in [5.74, 6) is -0.0141. The van der Waals surface area contributed by atoms with Crippen LogP contribution < -0.4 is 5.32 Å². The number of para-hydroxylation sites is 2. The third-order valence-electron chi connectivity index (χ3n) is 3.80. The van der Waals surface area contributed by atoms with Gasteiger partial charge in [-0.25, -0.2) is 4.98 Å². The van der Waals surface area contributed by atoms with Gasteiger partial charge in [0, 0.05) is 5.69 Å². The average molecular weight is 325 g/mol. The summed E-state index contributed by atoms with van der Waals surface area (Å²) in [4.78, 5) is 19.0. The number of carbonyl (C=O) groups is 1. The fourth-order valence-electron chi connectivity index (χ4n) is 2.31. The van der Waals surface area contributed by atoms with Crippen LogP contribution in [0.5, 0.6) is 0 Å². The second-order valence-corrected chi connectivity index (χ2v) is 6.64. The van der Waals surface area contributed by atoms with Gasteiger partial charge in [-0.2, -0.15) is 0 Å². The highest BCUT2D eigenvalue weighted by molar-refractivity contribution is 7.18. The molecule has 0 aliphatic heterocycles. The Balaban J connectivity index is 1.64. The molecule has 0 fully saturated rings. The molecule has 3 rings (SSSR count). The number of fused-ring (bicyclic) bond motifs is 1. The van der Waals surface area contributed by atoms with Gasteiger partial charge in [0.25, 0.3) is 0 Å². The molecule has 1 unspecified atom stereocenters. The molecule has 1 N–H and O–H groups in total. The van der Waals surface area contributed by atoms with Crippen LogP contribution in [0.3, 0.4) is 0 Å². The quantitative estimate of drug-likeness (QED) is 0.777. The first-order valence-corrected chi connectivity index (χ1v) is 8.36. The smallest absolute Gasteiger partial charge is 0.241 e. The molecule has 1 amide bonds. The van der Waals surface area contributed by atoms with Crippen LogP contribution in [-0.2, 0) is 11.3 Å². The number of aromatic nitrogens is 1. The molecule has 0 aliphatic carbocycles. The Morgan fingerprint density at radius 3 is 2.61 bits per heavy atom. The largest absolute Gasteiger partial charge is 0.325 e. The highest BCUT2D eigenvalue weighted by Gasteiger charge is 2.19. The third kappa shape index (κ3) is 3.75. The molecular formula is C18H19N3OS. The number of anilines is 1. The number of nitrogens with one attached hydrogen (secondary N) is 1. The molecule has 0 spiro atoms. The van der Waals surface area contributed by atoms with Crippen LogP contribution in [0, 0.1) is 0 Å². The van der Waals surface area contributed by atoms with E-state index in [1.807, 2.05) is 67.4 Å². The second-order valence-electron chi connectivity index (χ2n) is 5.52. The van der Waals surface area contributed by atoms with Crippen LogP contribution in [0.4, 0.5) is 5.69 Å². The summed E-state index contributed by atoms with van der Waals surface area (Å²) >= 11 is 1.67. The number of thiazole rings is 1. The molecule has 0 aliphatic rings. The average Bonchev–Trinajstić information content (AvgIpc) is 2.97. The first kappa shape index (κ1) is 15.6. The van der Waals surface area contributed by atoms with Crippen molar-refractivity contribution in [3.05, 3.63) is 59.6 Å². The Labute approximate surface area is 139 Å². The minimum atomic E-state index is -0.234. The lowest BCUT2D eigenvalue weighted by Gasteiger charge is -2.22. The molecule has 118 valence electrons. The molecule has 0 saturated carbocycles. The predicted molar refractivity (Wildman–Crippen MR) is 95.6 cm³/mol. The molecule has 4 nitrogen and oxygen atoms in total. The fourth-order valence-corrected chi connectivity index (χ4v) is 3.34. The lowest BCUT2D eigenvalue weighted by molar-refractivity contribution is -0.120. The van der Waals surface area contributed by atoms with Crippen molar-refractivity contribution in [3.8, 4) is 0 Å². The zero-order valence-corrected chi connectivity index (χ0v) is 14.0. The maximum Gasteiger partial charge on any atom is 0.241 e. The van der Waals surface area contributed by atoms with Crippen molar-refractivity contribution in [2.75, 3.05) is 12.4 Å². The molecule has 0 radical (unpaired) electrons. The van der Waals surface area contributed by atoms with Gasteiger partial charge in [-0.3, -0.25) is 9.69 Å². The number of likely N-dealkylation sites (N-methyl/N-ethyl adjacent to an activating group) is 1. The van der Waals surface area contributed by atoms with Crippen molar-refractivity contribution in [2.45, 2.75) is 19.5 Å². The van der Waals surface area contributed by atoms with Crippen molar-refractivity contribution in [2.24, 2.45) is 0 Å². The lowest BCUT2D eigenvalue weighted by atomic mass is 10.2. The molecule has 1 heterocycles. The van der Waals surface area contributed by atoms with E-state index in [0.29, 0.717) is 6.54 Å². The van der Waals surface area contributed by atoms with E-state index in [9.17, 15) is 4.79 Å². The van der Waals surface area contributed by atoms with Gasteiger partial charge in [-0.15, -0.1) is 11.3 Å². The van der Waals surface area contributed by atoms with Gasteiger partial charge in [0.15, 0.2) is 0 Å². The van der Waals surface area contributed by atoms with E-state index in [-0.39, 0.29) is 11.9 Å². The van der Waals surface area contributed by atoms with Gasteiger partial charge in [0.1, 0.15) is 5.01 Å². The van der Waals surface area contributed by atoms with Gasteiger partial charge in [0.2, 0.25) is 5.91 Å². The van der Waals surface area contributed by atoms with Crippen LogP contribution in [0.15, 0.2) is 54.6 Å². The molecule has 2 aromatic carbocycles. The fraction of sp³-hybridized carbons (Fsp3) is 0.222. The molecule has 1 atom stereocenters. The molecule has 0 saturated heterocycles. The summed E-state index contributed by atoms with van der Waals surface area (Å²) in [5.41, 5.74) is 1.83. The lowest BCUT2D eigenvalue weighted by Crippen LogP contribution is -2.39. The highest BCUT2D eigenvalue weighted by atomic mass is 32.1. The van der Waals surface area contributed by atoms with Crippen LogP contribution in [0.1, 0.15) is 11.9 Å². The van der Waals surface area contributed by atoms with Crippen LogP contribution in [0.25, 0.3) is 10.2 Å². The van der Waals surface area contributed by atoms with Crippen molar-refractivity contribution >= 4 is 33.1 Å². The Kier molecular flexibility index (Phi) is 4.69. The van der Waals surface area contributed by atoms with Gasteiger partial charge in [-0.05, 0) is 38.2 Å². The maximum absolute atomic E-state index is 12.3. The zero-order valence-electron chi connectivity index (χ0n) is 13.2. The van der Waals surface area contributed by atoms with Crippen molar-refractivity contribution in [1.82, 2.24) is 9.88 Å². The number of hydrogen-bond acceptors (Lipinski definition) is 4. The number of nitrogens with zero attached hydrogens (tertiary/aromatic N) is 2. The van der Waals surface area contributed by atoms with Gasteiger partial charge in [-0.1, -0.05) is 30.3 Å². The van der Waals surface area contributed by atoms with Crippen molar-refractivity contribution < 1.29 is 4.79 Å². The number of rotatable bonds is 5. The van der Waals surface area contributed by atoms with Crippen LogP contribution >= 0.6 is 11.3 Å². The van der Waals surface area contributed by atoms with E-state index >= 15 is 0 Å². The normalized spacial score (nSPS) is 12.5. The summed E-state index contributed by atoms with van der Waals surface area (Å²) < 4.78 is 1.18. The Morgan fingerprint density at radius 2 is 1.87 bits per heavy atom. The summed E-state index contributed by atoms with van der Waals surface area (Å²) in [5, 5.41) is 3.96. The summed E-state index contributed by atoms with van der Waals surface area (Å²) in [7, 11) is 1.95. The van der Waals surface area contributed by atoms with Gasteiger partial charge in [0.05, 0.1) is 22.8 Å². The summed E-state index contributed by atoms with van der Waals surface area (Å²) in [6.45, 7) is 2.56. The van der Waals surface area contributed by atoms with E-state index in [4.69, 9.17) is 0 Å². The predicted octanol–water partition coefficient (Wildman–Crippen LogP) is 3.76. The van der Waals surface area contributed by atoms with E-state index in [1.54, 1.807) is 11.3 Å². The van der Waals surface area contributed by atoms with Crippen LogP contribution in [0.2, 0.25) is 0 Å². The molecule has 3 aromatic rings. The van der Waals surface area contributed by atoms with Gasteiger partial charge >= 0.3 is 0 Å². The Morgan fingerprint density at radius 1 is 1.17 bits per heavy atom. The maximum atomic E-state index is 12.3.